The molecule has 0 aromatic carbocycles. The lowest BCUT2D eigenvalue weighted by Crippen LogP contribution is -2.66. The molecule has 0 saturated carbocycles. The van der Waals surface area contributed by atoms with Gasteiger partial charge in [0.1, 0.15) is 11.2 Å². The van der Waals surface area contributed by atoms with E-state index in [-0.39, 0.29) is 41.5 Å². The van der Waals surface area contributed by atoms with Crippen molar-refractivity contribution in [2.24, 2.45) is 11.8 Å². The van der Waals surface area contributed by atoms with Gasteiger partial charge in [0.05, 0.1) is 50.7 Å². The Morgan fingerprint density at radius 2 is 1.88 bits per heavy atom. The number of carbonyl (C=O) groups excluding carboxylic acids is 3. The van der Waals surface area contributed by atoms with Gasteiger partial charge in [-0.3, -0.25) is 4.79 Å². The quantitative estimate of drug-likeness (QED) is 0.487. The smallest absolute Gasteiger partial charge is 0.337 e. The van der Waals surface area contributed by atoms with Crippen molar-refractivity contribution in [2.75, 3.05) is 27.3 Å². The van der Waals surface area contributed by atoms with E-state index >= 15 is 0 Å². The zero-order valence-corrected chi connectivity index (χ0v) is 14.7. The maximum atomic E-state index is 12.7. The van der Waals surface area contributed by atoms with Crippen LogP contribution in [0.3, 0.4) is 0 Å². The van der Waals surface area contributed by atoms with Crippen LogP contribution in [-0.4, -0.2) is 73.5 Å². The zero-order valence-electron chi connectivity index (χ0n) is 14.7. The molecule has 8 nitrogen and oxygen atoms in total. The molecule has 0 aromatic rings. The largest absolute Gasteiger partial charge is 0.466 e. The molecule has 3 saturated heterocycles. The summed E-state index contributed by atoms with van der Waals surface area (Å²) in [6.07, 6.45) is 3.13. The SMILES string of the molecule is COC(=O)C1=C(C(=O)OC)[C@]23CN(C(C)=O)C[C@]45C=C[C@H](O4)[C@H]([C@@H]1O2)[C@H]35. The molecule has 0 unspecified atom stereocenters. The molecule has 26 heavy (non-hydrogen) atoms. The van der Waals surface area contributed by atoms with Crippen LogP contribution in [0.2, 0.25) is 0 Å². The van der Waals surface area contributed by atoms with E-state index in [4.69, 9.17) is 18.9 Å². The summed E-state index contributed by atoms with van der Waals surface area (Å²) in [5, 5.41) is 0. The van der Waals surface area contributed by atoms with Gasteiger partial charge in [-0.15, -0.1) is 0 Å². The van der Waals surface area contributed by atoms with Crippen LogP contribution in [-0.2, 0) is 33.3 Å². The fourth-order valence-corrected chi connectivity index (χ4v) is 5.73. The van der Waals surface area contributed by atoms with Gasteiger partial charge in [0.25, 0.3) is 0 Å². The predicted molar refractivity (Wildman–Crippen MR) is 84.6 cm³/mol. The van der Waals surface area contributed by atoms with Crippen molar-refractivity contribution in [3.8, 4) is 0 Å². The molecule has 3 fully saturated rings. The minimum absolute atomic E-state index is 0.0865. The Labute approximate surface area is 149 Å². The van der Waals surface area contributed by atoms with E-state index < -0.39 is 29.2 Å². The first kappa shape index (κ1) is 16.0. The van der Waals surface area contributed by atoms with Crippen molar-refractivity contribution in [1.82, 2.24) is 4.90 Å². The van der Waals surface area contributed by atoms with Gasteiger partial charge in [0.2, 0.25) is 5.91 Å². The second kappa shape index (κ2) is 4.75. The van der Waals surface area contributed by atoms with Crippen molar-refractivity contribution >= 4 is 17.8 Å². The van der Waals surface area contributed by atoms with Crippen LogP contribution in [0, 0.1) is 11.8 Å². The highest BCUT2D eigenvalue weighted by atomic mass is 16.6. The molecule has 5 heterocycles. The Morgan fingerprint density at radius 1 is 1.15 bits per heavy atom. The highest BCUT2D eigenvalue weighted by Gasteiger charge is 2.79. The number of nitrogens with zero attached hydrogens (tertiary/aromatic N) is 1. The van der Waals surface area contributed by atoms with Crippen LogP contribution in [0.15, 0.2) is 23.3 Å². The van der Waals surface area contributed by atoms with Crippen LogP contribution < -0.4 is 0 Å². The highest BCUT2D eigenvalue weighted by molar-refractivity contribution is 6.04. The number of piperidine rings is 1. The Balaban J connectivity index is 1.75. The molecule has 4 bridgehead atoms. The van der Waals surface area contributed by atoms with Crippen molar-refractivity contribution in [1.29, 1.82) is 0 Å². The first-order chi connectivity index (χ1) is 12.4. The standard InChI is InChI=1S/C18H19NO7/c1-8(20)19-6-17-5-4-9(25-17)10-13-11(15(21)23-2)12(16(22)24-3)18(7-19,26-13)14(10)17/h4-5,9-10,13-14H,6-7H2,1-3H3/t9-,10+,13-,14-,17-,18-/m0/s1. The normalized spacial score (nSPS) is 43.7. The topological polar surface area (TPSA) is 91.4 Å². The molecule has 5 rings (SSSR count). The molecule has 1 amide bonds. The van der Waals surface area contributed by atoms with E-state index in [1.165, 1.54) is 21.1 Å². The summed E-state index contributed by atoms with van der Waals surface area (Å²) in [6.45, 7) is 2.08. The van der Waals surface area contributed by atoms with Crippen LogP contribution in [0.4, 0.5) is 0 Å². The van der Waals surface area contributed by atoms with Crippen LogP contribution in [0.5, 0.6) is 0 Å². The third kappa shape index (κ3) is 1.56. The van der Waals surface area contributed by atoms with Crippen molar-refractivity contribution in [3.63, 3.8) is 0 Å². The van der Waals surface area contributed by atoms with Crippen molar-refractivity contribution < 1.29 is 33.3 Å². The Kier molecular flexibility index (Phi) is 2.92. The number of carbonyl (C=O) groups is 3. The Morgan fingerprint density at radius 3 is 2.54 bits per heavy atom. The lowest BCUT2D eigenvalue weighted by atomic mass is 9.58. The summed E-state index contributed by atoms with van der Waals surface area (Å²) < 4.78 is 22.5. The summed E-state index contributed by atoms with van der Waals surface area (Å²) in [4.78, 5) is 39.0. The average Bonchev–Trinajstić information content (AvgIpc) is 3.35. The van der Waals surface area contributed by atoms with E-state index in [1.54, 1.807) is 4.90 Å². The molecule has 6 atom stereocenters. The third-order valence-electron chi connectivity index (χ3n) is 6.48. The average molecular weight is 361 g/mol. The summed E-state index contributed by atoms with van der Waals surface area (Å²) in [5.41, 5.74) is -1.44. The first-order valence-electron chi connectivity index (χ1n) is 8.60. The maximum Gasteiger partial charge on any atom is 0.337 e. The predicted octanol–water partition coefficient (Wildman–Crippen LogP) is -0.418. The molecule has 0 aliphatic carbocycles. The molecule has 5 aliphatic heterocycles. The molecular formula is C18H19NO7. The van der Waals surface area contributed by atoms with Gasteiger partial charge in [0.15, 0.2) is 0 Å². The highest BCUT2D eigenvalue weighted by Crippen LogP contribution is 2.67. The number of esters is 2. The molecule has 0 N–H and O–H groups in total. The number of methoxy groups -OCH3 is 2. The summed E-state index contributed by atoms with van der Waals surface area (Å²) >= 11 is 0. The lowest BCUT2D eigenvalue weighted by molar-refractivity contribution is -0.161. The van der Waals surface area contributed by atoms with E-state index in [0.29, 0.717) is 6.54 Å². The minimum atomic E-state index is -1.12. The van der Waals surface area contributed by atoms with Crippen molar-refractivity contribution in [2.45, 2.75) is 30.3 Å². The van der Waals surface area contributed by atoms with Gasteiger partial charge in [-0.2, -0.15) is 0 Å². The molecule has 5 aliphatic rings. The van der Waals surface area contributed by atoms with Gasteiger partial charge in [-0.05, 0) is 0 Å². The summed E-state index contributed by atoms with van der Waals surface area (Å²) in [7, 11) is 2.54. The van der Waals surface area contributed by atoms with Crippen LogP contribution >= 0.6 is 0 Å². The van der Waals surface area contributed by atoms with E-state index in [9.17, 15) is 14.4 Å². The fourth-order valence-electron chi connectivity index (χ4n) is 5.73. The number of likely N-dealkylation sites (tertiary alicyclic amines) is 1. The Bertz CT molecular complexity index is 816. The van der Waals surface area contributed by atoms with Gasteiger partial charge in [-0.1, -0.05) is 12.2 Å². The van der Waals surface area contributed by atoms with E-state index in [0.717, 1.165) is 0 Å². The summed E-state index contributed by atoms with van der Waals surface area (Å²) in [6, 6.07) is 0. The molecule has 0 radical (unpaired) electrons. The monoisotopic (exact) mass is 361 g/mol. The van der Waals surface area contributed by atoms with E-state index in [1.807, 2.05) is 12.2 Å². The Hall–Kier alpha value is -2.19. The number of hydrogen-bond donors (Lipinski definition) is 0. The van der Waals surface area contributed by atoms with Gasteiger partial charge in [-0.25, -0.2) is 9.59 Å². The number of hydrogen-bond acceptors (Lipinski definition) is 7. The lowest BCUT2D eigenvalue weighted by Gasteiger charge is -2.50. The number of rotatable bonds is 2. The molecular weight excluding hydrogens is 342 g/mol. The first-order valence-corrected chi connectivity index (χ1v) is 8.60. The number of ether oxygens (including phenoxy) is 4. The molecule has 138 valence electrons. The molecule has 8 heteroatoms. The second-order valence-electron chi connectivity index (χ2n) is 7.53. The van der Waals surface area contributed by atoms with Gasteiger partial charge >= 0.3 is 11.9 Å². The van der Waals surface area contributed by atoms with Crippen molar-refractivity contribution in [3.05, 3.63) is 23.3 Å². The maximum absolute atomic E-state index is 12.7. The number of fused-ring (bicyclic) bond motifs is 4. The van der Waals surface area contributed by atoms with Gasteiger partial charge < -0.3 is 23.8 Å². The van der Waals surface area contributed by atoms with Crippen LogP contribution in [0.25, 0.3) is 0 Å². The fraction of sp³-hybridized carbons (Fsp3) is 0.611. The third-order valence-corrected chi connectivity index (χ3v) is 6.48. The second-order valence-corrected chi connectivity index (χ2v) is 7.53. The van der Waals surface area contributed by atoms with E-state index in [2.05, 4.69) is 0 Å². The zero-order chi connectivity index (χ0) is 18.4. The van der Waals surface area contributed by atoms with Crippen LogP contribution in [0.1, 0.15) is 6.92 Å². The molecule has 0 aromatic heterocycles. The van der Waals surface area contributed by atoms with Gasteiger partial charge in [0, 0.05) is 18.8 Å². The summed E-state index contributed by atoms with van der Waals surface area (Å²) in [5.74, 6) is -1.60. The molecule has 2 spiro atoms. The number of amides is 1. The minimum Gasteiger partial charge on any atom is -0.466 e.